The lowest BCUT2D eigenvalue weighted by Crippen LogP contribution is -2.47. The predicted molar refractivity (Wildman–Crippen MR) is 115 cm³/mol. The van der Waals surface area contributed by atoms with E-state index in [9.17, 15) is 18.0 Å². The fraction of sp³-hybridized carbons (Fsp3) is 0.455. The van der Waals surface area contributed by atoms with Gasteiger partial charge in [0.25, 0.3) is 5.91 Å². The van der Waals surface area contributed by atoms with Crippen LogP contribution in [0.1, 0.15) is 42.6 Å². The summed E-state index contributed by atoms with van der Waals surface area (Å²) >= 11 is 0. The predicted octanol–water partition coefficient (Wildman–Crippen LogP) is 3.40. The molecule has 0 saturated carbocycles. The van der Waals surface area contributed by atoms with Gasteiger partial charge in [-0.1, -0.05) is 20.8 Å². The number of amides is 1. The molecule has 0 atom stereocenters. The number of nitrogens with zero attached hydrogens (tertiary/aromatic N) is 5. The van der Waals surface area contributed by atoms with E-state index in [4.69, 9.17) is 10.00 Å². The number of benzene rings is 1. The molecule has 33 heavy (non-hydrogen) atoms. The third kappa shape index (κ3) is 6.55. The number of aromatic nitrogens is 2. The van der Waals surface area contributed by atoms with E-state index in [0.29, 0.717) is 24.8 Å². The van der Waals surface area contributed by atoms with Crippen LogP contribution < -0.4 is 15.3 Å². The first-order chi connectivity index (χ1) is 15.5. The molecule has 1 saturated heterocycles. The molecule has 11 heteroatoms. The normalized spacial score (nSPS) is 14.5. The van der Waals surface area contributed by atoms with E-state index in [1.165, 1.54) is 5.01 Å². The van der Waals surface area contributed by atoms with E-state index in [1.54, 1.807) is 18.2 Å². The zero-order chi connectivity index (χ0) is 24.2. The third-order valence-electron chi connectivity index (χ3n) is 4.75. The molecule has 176 valence electrons. The Morgan fingerprint density at radius 2 is 1.82 bits per heavy atom. The van der Waals surface area contributed by atoms with Crippen molar-refractivity contribution >= 4 is 17.4 Å². The molecule has 1 aromatic carbocycles. The van der Waals surface area contributed by atoms with Crippen molar-refractivity contribution in [1.29, 1.82) is 5.26 Å². The molecule has 0 bridgehead atoms. The maximum absolute atomic E-state index is 13.3. The molecule has 0 aliphatic carbocycles. The number of morpholine rings is 1. The Hall–Kier alpha value is -3.39. The van der Waals surface area contributed by atoms with Crippen molar-refractivity contribution in [2.45, 2.75) is 26.9 Å². The van der Waals surface area contributed by atoms with Gasteiger partial charge in [-0.05, 0) is 29.7 Å². The van der Waals surface area contributed by atoms with Crippen molar-refractivity contribution in [3.63, 3.8) is 0 Å². The molecule has 0 spiro atoms. The van der Waals surface area contributed by atoms with Gasteiger partial charge in [-0.25, -0.2) is 4.98 Å². The molecule has 1 aromatic heterocycles. The molecule has 1 N–H and O–H groups in total. The number of alkyl halides is 3. The number of ether oxygens (including phenoxy) is 1. The molecule has 8 nitrogen and oxygen atoms in total. The van der Waals surface area contributed by atoms with Crippen LogP contribution in [0.15, 0.2) is 30.3 Å². The molecule has 0 unspecified atom stereocenters. The van der Waals surface area contributed by atoms with Crippen molar-refractivity contribution in [2.24, 2.45) is 5.41 Å². The fourth-order valence-corrected chi connectivity index (χ4v) is 3.25. The van der Waals surface area contributed by atoms with E-state index in [-0.39, 0.29) is 12.4 Å². The van der Waals surface area contributed by atoms with Crippen molar-refractivity contribution in [2.75, 3.05) is 42.8 Å². The maximum Gasteiger partial charge on any atom is 0.433 e. The van der Waals surface area contributed by atoms with Crippen molar-refractivity contribution < 1.29 is 22.7 Å². The number of hydrogen-bond acceptors (Lipinski definition) is 7. The first kappa shape index (κ1) is 24.3. The number of anilines is 2. The van der Waals surface area contributed by atoms with Gasteiger partial charge in [-0.15, -0.1) is 0 Å². The van der Waals surface area contributed by atoms with Crippen LogP contribution in [0.2, 0.25) is 0 Å². The summed E-state index contributed by atoms with van der Waals surface area (Å²) < 4.78 is 45.2. The summed E-state index contributed by atoms with van der Waals surface area (Å²) in [5.74, 6) is -1.37. The van der Waals surface area contributed by atoms with Crippen LogP contribution in [0.5, 0.6) is 0 Å². The average molecular weight is 462 g/mol. The van der Waals surface area contributed by atoms with E-state index in [0.717, 1.165) is 18.8 Å². The monoisotopic (exact) mass is 462 g/mol. The lowest BCUT2D eigenvalue weighted by Gasteiger charge is -2.31. The van der Waals surface area contributed by atoms with E-state index < -0.39 is 29.0 Å². The van der Waals surface area contributed by atoms with Gasteiger partial charge in [-0.2, -0.15) is 23.4 Å². The van der Waals surface area contributed by atoms with Crippen LogP contribution in [-0.4, -0.2) is 48.7 Å². The Balaban J connectivity index is 1.86. The SMILES string of the molecule is CC(C)(C)CN(NC(=O)c1ccc(N2CCOCC2)cc1)c1cc(C(F)(F)F)nc(C#N)n1. The van der Waals surface area contributed by atoms with Crippen LogP contribution in [0, 0.1) is 16.7 Å². The summed E-state index contributed by atoms with van der Waals surface area (Å²) in [7, 11) is 0. The van der Waals surface area contributed by atoms with Gasteiger partial charge in [0.2, 0.25) is 5.82 Å². The molecule has 1 aliphatic rings. The average Bonchev–Trinajstić information content (AvgIpc) is 2.77. The van der Waals surface area contributed by atoms with Crippen LogP contribution in [-0.2, 0) is 10.9 Å². The second-order valence-electron chi connectivity index (χ2n) is 8.78. The van der Waals surface area contributed by atoms with Crippen LogP contribution in [0.4, 0.5) is 24.7 Å². The Morgan fingerprint density at radius 1 is 1.18 bits per heavy atom. The van der Waals surface area contributed by atoms with Crippen molar-refractivity contribution in [3.8, 4) is 6.07 Å². The van der Waals surface area contributed by atoms with Crippen LogP contribution in [0.3, 0.4) is 0 Å². The quantitative estimate of drug-likeness (QED) is 0.681. The highest BCUT2D eigenvalue weighted by molar-refractivity contribution is 5.95. The summed E-state index contributed by atoms with van der Waals surface area (Å²) in [5.41, 5.74) is 2.24. The van der Waals surface area contributed by atoms with E-state index >= 15 is 0 Å². The Morgan fingerprint density at radius 3 is 2.36 bits per heavy atom. The van der Waals surface area contributed by atoms with Gasteiger partial charge in [0.05, 0.1) is 13.2 Å². The van der Waals surface area contributed by atoms with Gasteiger partial charge in [0.15, 0.2) is 11.5 Å². The summed E-state index contributed by atoms with van der Waals surface area (Å²) in [6.07, 6.45) is -4.77. The minimum atomic E-state index is -4.77. The summed E-state index contributed by atoms with van der Waals surface area (Å²) in [4.78, 5) is 22.2. The number of rotatable bonds is 5. The van der Waals surface area contributed by atoms with Crippen LogP contribution >= 0.6 is 0 Å². The van der Waals surface area contributed by atoms with Crippen molar-refractivity contribution in [3.05, 3.63) is 47.4 Å². The number of carbonyl (C=O) groups excluding carboxylic acids is 1. The number of nitriles is 1. The number of nitrogens with one attached hydrogen (secondary N) is 1. The Kier molecular flexibility index (Phi) is 7.07. The summed E-state index contributed by atoms with van der Waals surface area (Å²) in [6.45, 7) is 8.49. The Labute approximate surface area is 190 Å². The largest absolute Gasteiger partial charge is 0.433 e. The molecule has 1 aliphatic heterocycles. The third-order valence-corrected chi connectivity index (χ3v) is 4.75. The number of carbonyl (C=O) groups is 1. The molecular formula is C22H25F3N6O2. The highest BCUT2D eigenvalue weighted by Crippen LogP contribution is 2.30. The minimum absolute atomic E-state index is 0.143. The lowest BCUT2D eigenvalue weighted by molar-refractivity contribution is -0.141. The highest BCUT2D eigenvalue weighted by atomic mass is 19.4. The molecule has 1 fully saturated rings. The second kappa shape index (κ2) is 9.62. The van der Waals surface area contributed by atoms with Crippen LogP contribution in [0.25, 0.3) is 0 Å². The van der Waals surface area contributed by atoms with Gasteiger partial charge < -0.3 is 9.64 Å². The summed E-state index contributed by atoms with van der Waals surface area (Å²) in [6, 6.07) is 9.19. The van der Waals surface area contributed by atoms with E-state index in [1.807, 2.05) is 32.9 Å². The zero-order valence-corrected chi connectivity index (χ0v) is 18.6. The topological polar surface area (TPSA) is 94.4 Å². The Bertz CT molecular complexity index is 1020. The molecule has 3 rings (SSSR count). The molecular weight excluding hydrogens is 437 g/mol. The fourth-order valence-electron chi connectivity index (χ4n) is 3.25. The number of halogens is 3. The molecule has 1 amide bonds. The molecule has 2 aromatic rings. The zero-order valence-electron chi connectivity index (χ0n) is 18.6. The molecule has 0 radical (unpaired) electrons. The smallest absolute Gasteiger partial charge is 0.378 e. The minimum Gasteiger partial charge on any atom is -0.378 e. The standard InChI is InChI=1S/C22H25F3N6O2/c1-21(2,3)14-31(19-12-17(22(23,24)25)27-18(13-26)28-19)29-20(32)15-4-6-16(7-5-15)30-8-10-33-11-9-30/h4-7,12H,8-11,14H2,1-3H3,(H,29,32). The number of hydrazine groups is 1. The van der Waals surface area contributed by atoms with Crippen molar-refractivity contribution in [1.82, 2.24) is 15.4 Å². The van der Waals surface area contributed by atoms with E-state index in [2.05, 4.69) is 20.3 Å². The van der Waals surface area contributed by atoms with Gasteiger partial charge in [0.1, 0.15) is 6.07 Å². The highest BCUT2D eigenvalue weighted by Gasteiger charge is 2.35. The first-order valence-electron chi connectivity index (χ1n) is 10.3. The first-order valence-corrected chi connectivity index (χ1v) is 10.3. The maximum atomic E-state index is 13.3. The number of hydrogen-bond donors (Lipinski definition) is 1. The summed E-state index contributed by atoms with van der Waals surface area (Å²) in [5, 5.41) is 10.3. The van der Waals surface area contributed by atoms with Gasteiger partial charge in [0, 0.05) is 37.0 Å². The lowest BCUT2D eigenvalue weighted by atomic mass is 9.96. The van der Waals surface area contributed by atoms with Gasteiger partial charge in [-0.3, -0.25) is 15.2 Å². The van der Waals surface area contributed by atoms with Gasteiger partial charge >= 0.3 is 6.18 Å². The molecule has 2 heterocycles. The second-order valence-corrected chi connectivity index (χ2v) is 8.78.